The van der Waals surface area contributed by atoms with Crippen LogP contribution in [-0.2, 0) is 9.47 Å². The lowest BCUT2D eigenvalue weighted by molar-refractivity contribution is -0.114. The van der Waals surface area contributed by atoms with Gasteiger partial charge in [-0.05, 0) is 45.1 Å². The molecule has 2 atom stereocenters. The zero-order chi connectivity index (χ0) is 13.0. The maximum atomic E-state index is 5.74. The molecule has 0 aromatic heterocycles. The van der Waals surface area contributed by atoms with Crippen LogP contribution in [0.15, 0.2) is 0 Å². The van der Waals surface area contributed by atoms with Gasteiger partial charge in [-0.3, -0.25) is 0 Å². The first-order chi connectivity index (χ1) is 8.64. The number of hydrogen-bond acceptors (Lipinski definition) is 3. The van der Waals surface area contributed by atoms with Crippen molar-refractivity contribution in [1.82, 2.24) is 5.32 Å². The van der Waals surface area contributed by atoms with E-state index in [1.165, 1.54) is 12.8 Å². The van der Waals surface area contributed by atoms with Crippen LogP contribution in [0.2, 0.25) is 0 Å². The van der Waals surface area contributed by atoms with Crippen LogP contribution in [0.1, 0.15) is 46.5 Å². The van der Waals surface area contributed by atoms with Crippen molar-refractivity contribution < 1.29 is 9.47 Å². The second-order valence-corrected chi connectivity index (χ2v) is 6.38. The van der Waals surface area contributed by atoms with Crippen molar-refractivity contribution in [3.63, 3.8) is 0 Å². The minimum Gasteiger partial charge on any atom is -0.381 e. The van der Waals surface area contributed by atoms with Gasteiger partial charge in [0.15, 0.2) is 0 Å². The number of rotatable bonds is 9. The fraction of sp³-hybridized carbons (Fsp3) is 1.00. The highest BCUT2D eigenvalue weighted by Gasteiger charge is 2.48. The maximum absolute atomic E-state index is 5.74. The molecule has 0 bridgehead atoms. The van der Waals surface area contributed by atoms with Gasteiger partial charge >= 0.3 is 0 Å². The summed E-state index contributed by atoms with van der Waals surface area (Å²) in [7, 11) is 0. The highest BCUT2D eigenvalue weighted by molar-refractivity contribution is 5.02. The zero-order valence-electron chi connectivity index (χ0n) is 12.2. The molecule has 2 saturated carbocycles. The predicted molar refractivity (Wildman–Crippen MR) is 73.8 cm³/mol. The molecule has 3 nitrogen and oxygen atoms in total. The molecule has 2 fully saturated rings. The Morgan fingerprint density at radius 1 is 1.28 bits per heavy atom. The highest BCUT2D eigenvalue weighted by atomic mass is 16.5. The van der Waals surface area contributed by atoms with E-state index in [4.69, 9.17) is 9.47 Å². The summed E-state index contributed by atoms with van der Waals surface area (Å²) in [5.41, 5.74) is 0.283. The lowest BCUT2D eigenvalue weighted by Gasteiger charge is -2.52. The van der Waals surface area contributed by atoms with Gasteiger partial charge in [0.2, 0.25) is 0 Å². The third-order valence-corrected chi connectivity index (χ3v) is 4.45. The smallest absolute Gasteiger partial charge is 0.0655 e. The van der Waals surface area contributed by atoms with Crippen molar-refractivity contribution in [3.8, 4) is 0 Å². The first kappa shape index (κ1) is 14.3. The second kappa shape index (κ2) is 6.36. The van der Waals surface area contributed by atoms with E-state index in [-0.39, 0.29) is 5.41 Å². The lowest BCUT2D eigenvalue weighted by atomic mass is 9.64. The van der Waals surface area contributed by atoms with E-state index in [9.17, 15) is 0 Å². The van der Waals surface area contributed by atoms with E-state index in [1.54, 1.807) is 0 Å². The molecule has 0 radical (unpaired) electrons. The summed E-state index contributed by atoms with van der Waals surface area (Å²) in [6, 6.07) is 0.609. The van der Waals surface area contributed by atoms with Gasteiger partial charge in [-0.25, -0.2) is 0 Å². The summed E-state index contributed by atoms with van der Waals surface area (Å²) in [5, 5.41) is 3.64. The third-order valence-electron chi connectivity index (χ3n) is 4.45. The summed E-state index contributed by atoms with van der Waals surface area (Å²) in [6.07, 6.45) is 5.48. The van der Waals surface area contributed by atoms with Crippen LogP contribution in [0.4, 0.5) is 0 Å². The van der Waals surface area contributed by atoms with Gasteiger partial charge in [0, 0.05) is 31.3 Å². The van der Waals surface area contributed by atoms with Crippen molar-refractivity contribution in [1.29, 1.82) is 0 Å². The average Bonchev–Trinajstić information content (AvgIpc) is 3.14. The molecule has 0 heterocycles. The quantitative estimate of drug-likeness (QED) is 0.642. The van der Waals surface area contributed by atoms with Crippen molar-refractivity contribution in [2.45, 2.75) is 58.6 Å². The van der Waals surface area contributed by atoms with Crippen LogP contribution in [-0.4, -0.2) is 38.5 Å². The van der Waals surface area contributed by atoms with Crippen molar-refractivity contribution >= 4 is 0 Å². The van der Waals surface area contributed by atoms with Gasteiger partial charge in [0.1, 0.15) is 0 Å². The largest absolute Gasteiger partial charge is 0.381 e. The molecule has 2 rings (SSSR count). The van der Waals surface area contributed by atoms with Crippen LogP contribution in [0.3, 0.4) is 0 Å². The molecule has 2 aliphatic rings. The van der Waals surface area contributed by atoms with Gasteiger partial charge in [-0.1, -0.05) is 13.8 Å². The van der Waals surface area contributed by atoms with Crippen molar-refractivity contribution in [2.24, 2.45) is 11.3 Å². The molecule has 3 heteroatoms. The van der Waals surface area contributed by atoms with Gasteiger partial charge in [0.05, 0.1) is 6.10 Å². The minimum absolute atomic E-state index is 0.283. The Kier molecular flexibility index (Phi) is 5.05. The number of ether oxygens (including phenoxy) is 2. The lowest BCUT2D eigenvalue weighted by Crippen LogP contribution is -2.61. The van der Waals surface area contributed by atoms with Crippen LogP contribution >= 0.6 is 0 Å². The maximum Gasteiger partial charge on any atom is 0.0655 e. The standard InChI is InChI=1S/C15H29NO2/c1-4-18-14-10-13(15(14,2)3)16-8-5-9-17-11-12-6-7-12/h12-14,16H,4-11H2,1-3H3. The Morgan fingerprint density at radius 2 is 2.06 bits per heavy atom. The second-order valence-electron chi connectivity index (χ2n) is 6.38. The Labute approximate surface area is 112 Å². The summed E-state index contributed by atoms with van der Waals surface area (Å²) in [4.78, 5) is 0. The predicted octanol–water partition coefficient (Wildman–Crippen LogP) is 2.60. The monoisotopic (exact) mass is 255 g/mol. The molecule has 106 valence electrons. The summed E-state index contributed by atoms with van der Waals surface area (Å²) >= 11 is 0. The number of nitrogens with one attached hydrogen (secondary N) is 1. The average molecular weight is 255 g/mol. The Hall–Kier alpha value is -0.120. The fourth-order valence-electron chi connectivity index (χ4n) is 2.70. The fourth-order valence-corrected chi connectivity index (χ4v) is 2.70. The van der Waals surface area contributed by atoms with E-state index >= 15 is 0 Å². The molecule has 2 unspecified atom stereocenters. The van der Waals surface area contributed by atoms with Crippen molar-refractivity contribution in [2.75, 3.05) is 26.4 Å². The molecular formula is C15H29NO2. The Balaban J connectivity index is 1.49. The zero-order valence-corrected chi connectivity index (χ0v) is 12.2. The normalized spacial score (nSPS) is 30.2. The van der Waals surface area contributed by atoms with E-state index in [0.717, 1.165) is 45.1 Å². The highest BCUT2D eigenvalue weighted by Crippen LogP contribution is 2.42. The Bertz CT molecular complexity index is 251. The first-order valence-corrected chi connectivity index (χ1v) is 7.57. The summed E-state index contributed by atoms with van der Waals surface area (Å²) in [5.74, 6) is 0.885. The summed E-state index contributed by atoms with van der Waals surface area (Å²) < 4.78 is 11.4. The third kappa shape index (κ3) is 3.69. The van der Waals surface area contributed by atoms with Gasteiger partial charge in [-0.2, -0.15) is 0 Å². The van der Waals surface area contributed by atoms with Gasteiger partial charge < -0.3 is 14.8 Å². The molecule has 0 amide bonds. The molecule has 0 spiro atoms. The van der Waals surface area contributed by atoms with E-state index < -0.39 is 0 Å². The number of hydrogen-bond donors (Lipinski definition) is 1. The molecule has 2 aliphatic carbocycles. The van der Waals surface area contributed by atoms with Crippen molar-refractivity contribution in [3.05, 3.63) is 0 Å². The van der Waals surface area contributed by atoms with Crippen LogP contribution < -0.4 is 5.32 Å². The Morgan fingerprint density at radius 3 is 2.67 bits per heavy atom. The first-order valence-electron chi connectivity index (χ1n) is 7.57. The van der Waals surface area contributed by atoms with Gasteiger partial charge in [0.25, 0.3) is 0 Å². The molecule has 0 aromatic rings. The van der Waals surface area contributed by atoms with Crippen LogP contribution in [0, 0.1) is 11.3 Å². The molecule has 0 aliphatic heterocycles. The molecule has 0 aromatic carbocycles. The molecule has 1 N–H and O–H groups in total. The topological polar surface area (TPSA) is 30.5 Å². The molecule has 0 saturated heterocycles. The minimum atomic E-state index is 0.283. The van der Waals surface area contributed by atoms with Crippen LogP contribution in [0.5, 0.6) is 0 Å². The molecule has 18 heavy (non-hydrogen) atoms. The van der Waals surface area contributed by atoms with E-state index in [2.05, 4.69) is 26.1 Å². The van der Waals surface area contributed by atoms with Crippen LogP contribution in [0.25, 0.3) is 0 Å². The summed E-state index contributed by atoms with van der Waals surface area (Å²) in [6.45, 7) is 10.5. The van der Waals surface area contributed by atoms with E-state index in [1.807, 2.05) is 0 Å². The SMILES string of the molecule is CCOC1CC(NCCCOCC2CC2)C1(C)C. The molecular weight excluding hydrogens is 226 g/mol. The van der Waals surface area contributed by atoms with Gasteiger partial charge in [-0.15, -0.1) is 0 Å². The van der Waals surface area contributed by atoms with E-state index in [0.29, 0.717) is 12.1 Å².